The Hall–Kier alpha value is -2.84. The van der Waals surface area contributed by atoms with Gasteiger partial charge in [0.2, 0.25) is 0 Å². The lowest BCUT2D eigenvalue weighted by Gasteiger charge is -2.28. The number of carboxylic acids is 1. The van der Waals surface area contributed by atoms with Crippen molar-refractivity contribution in [2.24, 2.45) is 0 Å². The summed E-state index contributed by atoms with van der Waals surface area (Å²) in [5, 5.41) is 9.03. The molecule has 0 spiro atoms. The number of imide groups is 1. The minimum absolute atomic E-state index is 0.0546. The van der Waals surface area contributed by atoms with Crippen molar-refractivity contribution in [3.05, 3.63) is 34.2 Å². The Morgan fingerprint density at radius 3 is 1.93 bits per heavy atom. The van der Waals surface area contributed by atoms with Crippen LogP contribution in [0, 0.1) is 0 Å². The van der Waals surface area contributed by atoms with E-state index in [1.807, 2.05) is 0 Å². The van der Waals surface area contributed by atoms with Gasteiger partial charge in [0.1, 0.15) is 16.8 Å². The summed E-state index contributed by atoms with van der Waals surface area (Å²) >= 11 is 0. The Balaban J connectivity index is 3.02. The summed E-state index contributed by atoms with van der Waals surface area (Å²) in [5.41, 5.74) is -2.66. The van der Waals surface area contributed by atoms with Crippen LogP contribution in [0.5, 0.6) is 0 Å². The molecule has 0 saturated heterocycles. The van der Waals surface area contributed by atoms with Crippen LogP contribution in [-0.4, -0.2) is 50.5 Å². The van der Waals surface area contributed by atoms with Gasteiger partial charge in [-0.15, -0.1) is 0 Å². The molecule has 9 heteroatoms. The first-order valence-corrected chi connectivity index (χ1v) is 8.36. The molecular formula is C18H26N2O7. The van der Waals surface area contributed by atoms with E-state index in [4.69, 9.17) is 14.6 Å². The number of pyridine rings is 1. The molecule has 0 aliphatic heterocycles. The minimum Gasteiger partial charge on any atom is -0.477 e. The molecule has 0 atom stereocenters. The maximum atomic E-state index is 12.4. The Morgan fingerprint density at radius 1 is 1.04 bits per heavy atom. The smallest absolute Gasteiger partial charge is 0.419 e. The zero-order valence-corrected chi connectivity index (χ0v) is 16.4. The van der Waals surface area contributed by atoms with Crippen molar-refractivity contribution >= 4 is 18.2 Å². The topological polar surface area (TPSA) is 115 Å². The maximum absolute atomic E-state index is 12.4. The average Bonchev–Trinajstić information content (AvgIpc) is 2.44. The summed E-state index contributed by atoms with van der Waals surface area (Å²) in [6.45, 7) is 9.92. The highest BCUT2D eigenvalue weighted by atomic mass is 16.6. The van der Waals surface area contributed by atoms with Crippen LogP contribution in [0.4, 0.5) is 9.59 Å². The second-order valence-corrected chi connectivity index (χ2v) is 7.88. The van der Waals surface area contributed by atoms with E-state index in [1.165, 1.54) is 10.8 Å². The third kappa shape index (κ3) is 7.51. The van der Waals surface area contributed by atoms with E-state index in [0.29, 0.717) is 0 Å². The van der Waals surface area contributed by atoms with Crippen LogP contribution in [0.15, 0.2) is 23.3 Å². The van der Waals surface area contributed by atoms with Crippen molar-refractivity contribution in [2.45, 2.75) is 59.3 Å². The number of carbonyl (C=O) groups is 3. The Kier molecular flexibility index (Phi) is 6.77. The lowest BCUT2D eigenvalue weighted by atomic mass is 10.2. The van der Waals surface area contributed by atoms with Crippen LogP contribution < -0.4 is 5.43 Å². The standard InChI is InChI=1S/C18H26N2O7/c1-17(2,3)26-15(24)20(16(25)27-18(4,5)6)10-9-19-8-7-13(21)12(11-19)14(22)23/h7-8,11H,9-10H2,1-6H3,(H,22,23). The molecule has 0 aliphatic rings. The first kappa shape index (κ1) is 22.2. The Bertz CT molecular complexity index is 741. The van der Waals surface area contributed by atoms with Gasteiger partial charge in [-0.25, -0.2) is 19.3 Å². The van der Waals surface area contributed by atoms with Crippen molar-refractivity contribution in [3.63, 3.8) is 0 Å². The van der Waals surface area contributed by atoms with Gasteiger partial charge in [-0.1, -0.05) is 0 Å². The van der Waals surface area contributed by atoms with Gasteiger partial charge in [0.25, 0.3) is 0 Å². The fraction of sp³-hybridized carbons (Fsp3) is 0.556. The summed E-state index contributed by atoms with van der Waals surface area (Å²) in [4.78, 5) is 48.2. The number of carbonyl (C=O) groups excluding carboxylic acids is 2. The summed E-state index contributed by atoms with van der Waals surface area (Å²) < 4.78 is 11.9. The monoisotopic (exact) mass is 382 g/mol. The van der Waals surface area contributed by atoms with E-state index in [9.17, 15) is 19.2 Å². The number of rotatable bonds is 4. The third-order valence-corrected chi connectivity index (χ3v) is 3.02. The largest absolute Gasteiger partial charge is 0.477 e. The van der Waals surface area contributed by atoms with Crippen LogP contribution >= 0.6 is 0 Å². The van der Waals surface area contributed by atoms with Crippen LogP contribution in [0.25, 0.3) is 0 Å². The van der Waals surface area contributed by atoms with E-state index in [2.05, 4.69) is 0 Å². The molecule has 0 bridgehead atoms. The molecule has 0 radical (unpaired) electrons. The summed E-state index contributed by atoms with van der Waals surface area (Å²) in [7, 11) is 0. The lowest BCUT2D eigenvalue weighted by molar-refractivity contribution is 0.000829. The zero-order chi connectivity index (χ0) is 21.0. The number of nitrogens with zero attached hydrogens (tertiary/aromatic N) is 2. The van der Waals surface area contributed by atoms with Gasteiger partial charge in [0.05, 0.1) is 6.54 Å². The number of ether oxygens (including phenoxy) is 2. The van der Waals surface area contributed by atoms with Crippen LogP contribution in [0.1, 0.15) is 51.9 Å². The minimum atomic E-state index is -1.36. The lowest BCUT2D eigenvalue weighted by Crippen LogP contribution is -2.45. The van der Waals surface area contributed by atoms with Crippen molar-refractivity contribution in [1.29, 1.82) is 0 Å². The molecule has 0 unspecified atom stereocenters. The van der Waals surface area contributed by atoms with Gasteiger partial charge in [0.15, 0.2) is 5.43 Å². The third-order valence-electron chi connectivity index (χ3n) is 3.02. The van der Waals surface area contributed by atoms with Gasteiger partial charge in [0, 0.05) is 25.0 Å². The highest BCUT2D eigenvalue weighted by Gasteiger charge is 2.30. The van der Waals surface area contributed by atoms with E-state index in [0.717, 1.165) is 17.2 Å². The number of carboxylic acid groups (broad SMARTS) is 1. The Labute approximate surface area is 157 Å². The fourth-order valence-electron chi connectivity index (χ4n) is 1.93. The van der Waals surface area contributed by atoms with Crippen LogP contribution in [0.2, 0.25) is 0 Å². The van der Waals surface area contributed by atoms with Crippen molar-refractivity contribution in [1.82, 2.24) is 9.47 Å². The molecule has 27 heavy (non-hydrogen) atoms. The van der Waals surface area contributed by atoms with E-state index >= 15 is 0 Å². The van der Waals surface area contributed by atoms with Crippen molar-refractivity contribution in [3.8, 4) is 0 Å². The first-order chi connectivity index (χ1) is 12.2. The maximum Gasteiger partial charge on any atom is 0.419 e. The van der Waals surface area contributed by atoms with E-state index in [1.54, 1.807) is 41.5 Å². The second-order valence-electron chi connectivity index (χ2n) is 7.88. The van der Waals surface area contributed by atoms with Gasteiger partial charge >= 0.3 is 18.2 Å². The second kappa shape index (κ2) is 8.24. The van der Waals surface area contributed by atoms with Gasteiger partial charge < -0.3 is 19.1 Å². The molecule has 1 heterocycles. The van der Waals surface area contributed by atoms with Crippen LogP contribution in [0.3, 0.4) is 0 Å². The summed E-state index contributed by atoms with van der Waals surface area (Å²) in [6, 6.07) is 1.11. The predicted octanol–water partition coefficient (Wildman–Crippen LogP) is 2.72. The van der Waals surface area contributed by atoms with Gasteiger partial charge in [-0.3, -0.25) is 4.79 Å². The number of hydrogen-bond donors (Lipinski definition) is 1. The molecule has 2 amide bonds. The highest BCUT2D eigenvalue weighted by Crippen LogP contribution is 2.14. The molecule has 0 aromatic carbocycles. The number of hydrogen-bond acceptors (Lipinski definition) is 6. The molecule has 0 saturated carbocycles. The zero-order valence-electron chi connectivity index (χ0n) is 16.4. The number of aromatic carboxylic acids is 1. The van der Waals surface area contributed by atoms with Crippen molar-refractivity contribution in [2.75, 3.05) is 6.54 Å². The molecule has 0 aliphatic carbocycles. The first-order valence-electron chi connectivity index (χ1n) is 8.36. The molecule has 1 rings (SSSR count). The molecular weight excluding hydrogens is 356 g/mol. The van der Waals surface area contributed by atoms with Gasteiger partial charge in [-0.05, 0) is 41.5 Å². The predicted molar refractivity (Wildman–Crippen MR) is 96.8 cm³/mol. The quantitative estimate of drug-likeness (QED) is 0.851. The van der Waals surface area contributed by atoms with Crippen LogP contribution in [-0.2, 0) is 16.0 Å². The Morgan fingerprint density at radius 2 is 1.52 bits per heavy atom. The normalized spacial score (nSPS) is 11.6. The number of amides is 2. The molecule has 1 aromatic heterocycles. The molecule has 1 N–H and O–H groups in total. The SMILES string of the molecule is CC(C)(C)OC(=O)N(CCn1ccc(=O)c(C(=O)O)c1)C(=O)OC(C)(C)C. The number of aromatic nitrogens is 1. The van der Waals surface area contributed by atoms with Crippen molar-refractivity contribution < 1.29 is 29.0 Å². The highest BCUT2D eigenvalue weighted by molar-refractivity contribution is 5.88. The van der Waals surface area contributed by atoms with E-state index < -0.39 is 40.4 Å². The molecule has 1 aromatic rings. The summed E-state index contributed by atoms with van der Waals surface area (Å²) in [6.07, 6.45) is 0.761. The molecule has 9 nitrogen and oxygen atoms in total. The van der Waals surface area contributed by atoms with Gasteiger partial charge in [-0.2, -0.15) is 0 Å². The van der Waals surface area contributed by atoms with E-state index in [-0.39, 0.29) is 13.1 Å². The summed E-state index contributed by atoms with van der Waals surface area (Å²) in [5.74, 6) is -1.36. The molecule has 150 valence electrons. The average molecular weight is 382 g/mol. The fourth-order valence-corrected chi connectivity index (χ4v) is 1.93. The molecule has 0 fully saturated rings.